The number of ether oxygens (including phenoxy) is 1. The molecular weight excluding hydrogens is 272 g/mol. The molecule has 0 saturated carbocycles. The van der Waals surface area contributed by atoms with Crippen molar-refractivity contribution in [3.63, 3.8) is 0 Å². The van der Waals surface area contributed by atoms with Crippen molar-refractivity contribution in [3.05, 3.63) is 29.8 Å². The highest BCUT2D eigenvalue weighted by Crippen LogP contribution is 2.47. The summed E-state index contributed by atoms with van der Waals surface area (Å²) in [5.74, 6) is 0. The highest BCUT2D eigenvalue weighted by molar-refractivity contribution is 5.63. The van der Waals surface area contributed by atoms with E-state index in [1.165, 1.54) is 44.6 Å². The van der Waals surface area contributed by atoms with Crippen molar-refractivity contribution in [2.75, 3.05) is 37.7 Å². The number of nitrogens with zero attached hydrogens (tertiary/aromatic N) is 2. The van der Waals surface area contributed by atoms with E-state index in [-0.39, 0.29) is 0 Å². The van der Waals surface area contributed by atoms with E-state index in [0.717, 1.165) is 13.2 Å². The summed E-state index contributed by atoms with van der Waals surface area (Å²) in [6.07, 6.45) is 3.81. The van der Waals surface area contributed by atoms with Gasteiger partial charge >= 0.3 is 0 Å². The largest absolute Gasteiger partial charge is 0.380 e. The van der Waals surface area contributed by atoms with Crippen LogP contribution in [-0.4, -0.2) is 49.8 Å². The maximum atomic E-state index is 5.58. The van der Waals surface area contributed by atoms with E-state index in [0.29, 0.717) is 17.5 Å². The maximum absolute atomic E-state index is 5.58. The molecule has 1 unspecified atom stereocenters. The van der Waals surface area contributed by atoms with Crippen LogP contribution in [0.5, 0.6) is 0 Å². The molecule has 3 heterocycles. The molecule has 0 N–H and O–H groups in total. The van der Waals surface area contributed by atoms with Gasteiger partial charge in [0.15, 0.2) is 0 Å². The van der Waals surface area contributed by atoms with Gasteiger partial charge in [-0.3, -0.25) is 4.90 Å². The predicted octanol–water partition coefficient (Wildman–Crippen LogP) is 3.04. The minimum atomic E-state index is 0.386. The second-order valence-corrected chi connectivity index (χ2v) is 7.57. The summed E-state index contributed by atoms with van der Waals surface area (Å²) >= 11 is 0. The molecule has 3 heteroatoms. The van der Waals surface area contributed by atoms with Crippen molar-refractivity contribution in [3.8, 4) is 0 Å². The lowest BCUT2D eigenvalue weighted by atomic mass is 9.74. The monoisotopic (exact) mass is 300 g/mol. The molecule has 3 aliphatic rings. The van der Waals surface area contributed by atoms with Gasteiger partial charge in [0.1, 0.15) is 0 Å². The van der Waals surface area contributed by atoms with Crippen LogP contribution in [-0.2, 0) is 10.2 Å². The molecule has 22 heavy (non-hydrogen) atoms. The van der Waals surface area contributed by atoms with Crippen molar-refractivity contribution >= 4 is 5.69 Å². The van der Waals surface area contributed by atoms with Crippen LogP contribution in [0.25, 0.3) is 0 Å². The number of rotatable bonds is 2. The van der Waals surface area contributed by atoms with Crippen LogP contribution in [0.15, 0.2) is 24.3 Å². The molecule has 0 aromatic heterocycles. The van der Waals surface area contributed by atoms with Gasteiger partial charge in [-0.2, -0.15) is 0 Å². The van der Waals surface area contributed by atoms with Gasteiger partial charge in [0.2, 0.25) is 0 Å². The molecule has 0 bridgehead atoms. The molecule has 2 saturated heterocycles. The number of hydrogen-bond donors (Lipinski definition) is 0. The predicted molar refractivity (Wildman–Crippen MR) is 90.6 cm³/mol. The van der Waals surface area contributed by atoms with Crippen molar-refractivity contribution < 1.29 is 4.74 Å². The van der Waals surface area contributed by atoms with Crippen molar-refractivity contribution in [1.82, 2.24) is 4.90 Å². The third-order valence-corrected chi connectivity index (χ3v) is 6.06. The molecule has 3 aliphatic heterocycles. The van der Waals surface area contributed by atoms with Gasteiger partial charge in [0.05, 0.1) is 6.61 Å². The Morgan fingerprint density at radius 3 is 2.64 bits per heavy atom. The Balaban J connectivity index is 1.56. The van der Waals surface area contributed by atoms with Crippen LogP contribution >= 0.6 is 0 Å². The second kappa shape index (κ2) is 5.54. The average Bonchev–Trinajstić information content (AvgIpc) is 3.16. The van der Waals surface area contributed by atoms with Crippen LogP contribution in [0.2, 0.25) is 0 Å². The quantitative estimate of drug-likeness (QED) is 0.835. The minimum absolute atomic E-state index is 0.386. The molecule has 0 aliphatic carbocycles. The Kier molecular flexibility index (Phi) is 3.66. The first-order valence-corrected chi connectivity index (χ1v) is 8.88. The number of piperidine rings is 1. The van der Waals surface area contributed by atoms with Gasteiger partial charge in [-0.1, -0.05) is 18.2 Å². The number of hydrogen-bond acceptors (Lipinski definition) is 3. The number of benzene rings is 1. The van der Waals surface area contributed by atoms with Crippen LogP contribution in [0, 0.1) is 0 Å². The Morgan fingerprint density at radius 2 is 1.95 bits per heavy atom. The SMILES string of the molecule is CC(C)N1CC2(CCN(C3CCOC3)CC2)c2ccccc21. The maximum Gasteiger partial charge on any atom is 0.0622 e. The van der Waals surface area contributed by atoms with Crippen LogP contribution in [0.3, 0.4) is 0 Å². The standard InChI is InChI=1S/C19H28N2O/c1-15(2)21-14-19(17-5-3-4-6-18(17)21)8-10-20(11-9-19)16-7-12-22-13-16/h3-6,15-16H,7-14H2,1-2H3. The third-order valence-electron chi connectivity index (χ3n) is 6.06. The van der Waals surface area contributed by atoms with E-state index in [9.17, 15) is 0 Å². The summed E-state index contributed by atoms with van der Waals surface area (Å²) in [5, 5.41) is 0. The fourth-order valence-electron chi connectivity index (χ4n) is 4.68. The molecule has 3 nitrogen and oxygen atoms in total. The Labute approximate surface area is 134 Å². The molecule has 1 atom stereocenters. The molecule has 1 aromatic carbocycles. The van der Waals surface area contributed by atoms with Gasteiger partial charge < -0.3 is 9.64 Å². The van der Waals surface area contributed by atoms with E-state index >= 15 is 0 Å². The molecule has 0 amide bonds. The van der Waals surface area contributed by atoms with Gasteiger partial charge in [-0.15, -0.1) is 0 Å². The molecule has 2 fully saturated rings. The zero-order chi connectivity index (χ0) is 15.2. The number of likely N-dealkylation sites (tertiary alicyclic amines) is 1. The first kappa shape index (κ1) is 14.5. The summed E-state index contributed by atoms with van der Waals surface area (Å²) in [7, 11) is 0. The first-order chi connectivity index (χ1) is 10.7. The Hall–Kier alpha value is -1.06. The van der Waals surface area contributed by atoms with Gasteiger partial charge in [0.25, 0.3) is 0 Å². The average molecular weight is 300 g/mol. The van der Waals surface area contributed by atoms with E-state index in [1.807, 2.05) is 0 Å². The minimum Gasteiger partial charge on any atom is -0.380 e. The molecule has 4 rings (SSSR count). The Bertz CT molecular complexity index is 528. The zero-order valence-electron chi connectivity index (χ0n) is 13.9. The number of anilines is 1. The van der Waals surface area contributed by atoms with Gasteiger partial charge in [0, 0.05) is 36.3 Å². The molecular formula is C19H28N2O. The van der Waals surface area contributed by atoms with E-state index in [4.69, 9.17) is 4.74 Å². The van der Waals surface area contributed by atoms with Crippen LogP contribution in [0.1, 0.15) is 38.7 Å². The van der Waals surface area contributed by atoms with Crippen LogP contribution in [0.4, 0.5) is 5.69 Å². The smallest absolute Gasteiger partial charge is 0.0622 e. The summed E-state index contributed by atoms with van der Waals surface area (Å²) < 4.78 is 5.58. The molecule has 1 spiro atoms. The van der Waals surface area contributed by atoms with Crippen LogP contribution < -0.4 is 4.90 Å². The molecule has 120 valence electrons. The van der Waals surface area contributed by atoms with E-state index < -0.39 is 0 Å². The lowest BCUT2D eigenvalue weighted by molar-refractivity contribution is 0.101. The fourth-order valence-corrected chi connectivity index (χ4v) is 4.68. The fraction of sp³-hybridized carbons (Fsp3) is 0.684. The summed E-state index contributed by atoms with van der Waals surface area (Å²) in [6.45, 7) is 10.2. The number of para-hydroxylation sites is 1. The highest BCUT2D eigenvalue weighted by Gasteiger charge is 2.45. The van der Waals surface area contributed by atoms with Crippen molar-refractivity contribution in [2.45, 2.75) is 50.6 Å². The lowest BCUT2D eigenvalue weighted by Crippen LogP contribution is -2.49. The molecule has 1 aromatic rings. The van der Waals surface area contributed by atoms with Crippen molar-refractivity contribution in [2.24, 2.45) is 0 Å². The molecule has 0 radical (unpaired) electrons. The topological polar surface area (TPSA) is 15.7 Å². The number of fused-ring (bicyclic) bond motifs is 2. The Morgan fingerprint density at radius 1 is 1.18 bits per heavy atom. The zero-order valence-corrected chi connectivity index (χ0v) is 13.9. The lowest BCUT2D eigenvalue weighted by Gasteiger charge is -2.42. The van der Waals surface area contributed by atoms with Gasteiger partial charge in [-0.05, 0) is 57.8 Å². The first-order valence-electron chi connectivity index (χ1n) is 8.88. The normalized spacial score (nSPS) is 27.8. The highest BCUT2D eigenvalue weighted by atomic mass is 16.5. The van der Waals surface area contributed by atoms with E-state index in [1.54, 1.807) is 5.56 Å². The summed E-state index contributed by atoms with van der Waals surface area (Å²) in [5.41, 5.74) is 3.47. The van der Waals surface area contributed by atoms with E-state index in [2.05, 4.69) is 47.9 Å². The van der Waals surface area contributed by atoms with Gasteiger partial charge in [-0.25, -0.2) is 0 Å². The van der Waals surface area contributed by atoms with Crippen molar-refractivity contribution in [1.29, 1.82) is 0 Å². The summed E-state index contributed by atoms with van der Waals surface area (Å²) in [6, 6.07) is 10.4. The second-order valence-electron chi connectivity index (χ2n) is 7.57. The summed E-state index contributed by atoms with van der Waals surface area (Å²) in [4.78, 5) is 5.29. The third kappa shape index (κ3) is 2.26.